The first kappa shape index (κ1) is 29.1. The molecule has 0 aliphatic heterocycles. The van der Waals surface area contributed by atoms with E-state index in [1.54, 1.807) is 0 Å². The van der Waals surface area contributed by atoms with E-state index in [0.717, 1.165) is 18.3 Å². The van der Waals surface area contributed by atoms with Crippen molar-refractivity contribution in [1.82, 2.24) is 0 Å². The molecule has 1 fully saturated rings. The molecular weight excluding hydrogens is 316 g/mol. The maximum Gasteiger partial charge on any atom is 1.00 e. The van der Waals surface area contributed by atoms with Crippen LogP contribution >= 0.6 is 16.5 Å². The Morgan fingerprint density at radius 2 is 1.42 bits per heavy atom. The van der Waals surface area contributed by atoms with Crippen LogP contribution in [0.1, 0.15) is 32.6 Å². The van der Waals surface area contributed by atoms with Crippen molar-refractivity contribution >= 4 is 16.5 Å². The molecule has 0 heterocycles. The van der Waals surface area contributed by atoms with E-state index in [0.29, 0.717) is 0 Å². The molecule has 1 saturated carbocycles. The molecule has 102 valence electrons. The van der Waals surface area contributed by atoms with Gasteiger partial charge in [-0.2, -0.15) is 6.42 Å². The van der Waals surface area contributed by atoms with Crippen LogP contribution in [-0.4, -0.2) is 24.7 Å². The first-order valence-electron chi connectivity index (χ1n) is 4.95. The molecule has 2 atom stereocenters. The van der Waals surface area contributed by atoms with Crippen molar-refractivity contribution in [2.24, 2.45) is 11.8 Å². The molecule has 0 spiro atoms. The van der Waals surface area contributed by atoms with Crippen LogP contribution in [0.2, 0.25) is 0 Å². The Kier molecular flexibility index (Phi) is 30.6. The number of rotatable bonds is 2. The third-order valence-electron chi connectivity index (χ3n) is 2.24. The van der Waals surface area contributed by atoms with Gasteiger partial charge in [0.05, 0.1) is 0 Å². The van der Waals surface area contributed by atoms with Crippen LogP contribution in [0.3, 0.4) is 0 Å². The van der Waals surface area contributed by atoms with Gasteiger partial charge in [0, 0.05) is 9.13 Å². The zero-order valence-corrected chi connectivity index (χ0v) is 17.3. The van der Waals surface area contributed by atoms with Crippen molar-refractivity contribution in [1.29, 1.82) is 0 Å². The summed E-state index contributed by atoms with van der Waals surface area (Å²) in [5.41, 5.74) is 0. The molecule has 0 aromatic carbocycles. The smallest absolute Gasteiger partial charge is 0.566 e. The fraction of sp³-hybridized carbons (Fsp3) is 0.875. The molecule has 5 N–H and O–H groups in total. The summed E-state index contributed by atoms with van der Waals surface area (Å²) in [5.74, 6) is 1.68. The topological polar surface area (TPSA) is 135 Å². The second-order valence-corrected chi connectivity index (χ2v) is 4.72. The van der Waals surface area contributed by atoms with Crippen LogP contribution in [0.25, 0.3) is 0 Å². The van der Waals surface area contributed by atoms with Crippen LogP contribution < -0.4 is 59.1 Å². The molecule has 1 rings (SSSR count). The molecule has 1 aliphatic carbocycles. The van der Waals surface area contributed by atoms with Crippen LogP contribution in [0, 0.1) is 18.4 Å². The van der Waals surface area contributed by atoms with Gasteiger partial charge >= 0.3 is 75.6 Å². The van der Waals surface area contributed by atoms with E-state index in [9.17, 15) is 0 Å². The summed E-state index contributed by atoms with van der Waals surface area (Å²) < 4.78 is 17.4. The average Bonchev–Trinajstić information content (AvgIpc) is 2.49. The van der Waals surface area contributed by atoms with E-state index >= 15 is 0 Å². The van der Waals surface area contributed by atoms with Gasteiger partial charge in [-0.05, 0) is 5.92 Å². The summed E-state index contributed by atoms with van der Waals surface area (Å²) >= 11 is 0. The monoisotopic (exact) mass is 335 g/mol. The van der Waals surface area contributed by atoms with Crippen molar-refractivity contribution < 1.29 is 92.9 Å². The van der Waals surface area contributed by atoms with Gasteiger partial charge in [0.1, 0.15) is 0 Å². The van der Waals surface area contributed by atoms with Gasteiger partial charge in [-0.25, -0.2) is 6.61 Å². The summed E-state index contributed by atoms with van der Waals surface area (Å²) in [6.07, 6.45) is 4.90. The molecule has 1 aliphatic rings. The molecule has 0 aromatic rings. The molecular formula is C8H19Na2O7P2+3. The number of hydrogen-bond donors (Lipinski definition) is 5. The Balaban J connectivity index is -0.0000000975. The maximum atomic E-state index is 8.70. The molecule has 0 saturated heterocycles. The first-order valence-corrected chi connectivity index (χ1v) is 7.28. The summed E-state index contributed by atoms with van der Waals surface area (Å²) in [5, 5.41) is 8.49. The minimum atomic E-state index is -2.87. The molecule has 11 heteroatoms. The second kappa shape index (κ2) is 20.0. The minimum Gasteiger partial charge on any atom is -0.566 e. The van der Waals surface area contributed by atoms with E-state index in [1.807, 2.05) is 0 Å². The molecule has 7 nitrogen and oxygen atoms in total. The molecule has 0 amide bonds. The van der Waals surface area contributed by atoms with Crippen molar-refractivity contribution in [2.45, 2.75) is 32.6 Å². The zero-order valence-electron chi connectivity index (χ0n) is 11.5. The summed E-state index contributed by atoms with van der Waals surface area (Å²) in [4.78, 5) is 28.5. The normalized spacial score (nSPS) is 19.5. The molecule has 0 radical (unpaired) electrons. The minimum absolute atomic E-state index is 0. The third kappa shape index (κ3) is 33.1. The Labute approximate surface area is 159 Å². The molecule has 2 unspecified atom stereocenters. The Bertz CT molecular complexity index is 211. The van der Waals surface area contributed by atoms with Crippen LogP contribution in [0.4, 0.5) is 0 Å². The van der Waals surface area contributed by atoms with Gasteiger partial charge in [-0.1, -0.05) is 32.1 Å². The van der Waals surface area contributed by atoms with Gasteiger partial charge in [-0.15, -0.1) is 19.6 Å². The van der Waals surface area contributed by atoms with E-state index in [-0.39, 0.29) is 59.1 Å². The molecule has 0 aromatic heterocycles. The Hall–Kier alpha value is 2.00. The largest absolute Gasteiger partial charge is 1.00 e. The van der Waals surface area contributed by atoms with E-state index in [4.69, 9.17) is 33.8 Å². The van der Waals surface area contributed by atoms with Crippen molar-refractivity contribution in [3.05, 3.63) is 6.61 Å². The number of aliphatic hydroxyl groups is 1. The number of hydrogen-bond acceptors (Lipinski definition) is 3. The predicted molar refractivity (Wildman–Crippen MR) is 61.4 cm³/mol. The maximum absolute atomic E-state index is 8.70. The van der Waals surface area contributed by atoms with Crippen molar-refractivity contribution in [3.63, 3.8) is 0 Å². The molecule has 19 heavy (non-hydrogen) atoms. The quantitative estimate of drug-likeness (QED) is 0.195. The van der Waals surface area contributed by atoms with E-state index in [1.165, 1.54) is 25.9 Å². The Morgan fingerprint density at radius 1 is 1.05 bits per heavy atom. The summed E-state index contributed by atoms with van der Waals surface area (Å²) in [6, 6.07) is 0. The zero-order chi connectivity index (χ0) is 13.8. The standard InChI is InChI=1S/C8H15O.2Na.2HO3P/c1-7-2-3-8(6-7)4-5-9;;;2*1-4(2)3/h5,7-9H,2-4,6H2,1H3;;;2*(H-,1,2,3)/q-1;2*+1;;/p+2. The van der Waals surface area contributed by atoms with Crippen molar-refractivity contribution in [3.8, 4) is 0 Å². The summed E-state index contributed by atoms with van der Waals surface area (Å²) in [6.45, 7) is 3.60. The third-order valence-corrected chi connectivity index (χ3v) is 2.24. The van der Waals surface area contributed by atoms with Crippen molar-refractivity contribution in [2.75, 3.05) is 0 Å². The fourth-order valence-corrected chi connectivity index (χ4v) is 1.69. The van der Waals surface area contributed by atoms with Gasteiger partial charge in [-0.3, -0.25) is 0 Å². The van der Waals surface area contributed by atoms with Gasteiger partial charge in [0.15, 0.2) is 0 Å². The fourth-order valence-electron chi connectivity index (χ4n) is 1.69. The van der Waals surface area contributed by atoms with Crippen LogP contribution in [0.15, 0.2) is 0 Å². The van der Waals surface area contributed by atoms with E-state index in [2.05, 4.69) is 6.92 Å². The van der Waals surface area contributed by atoms with Gasteiger partial charge in [0.25, 0.3) is 0 Å². The Morgan fingerprint density at radius 3 is 1.63 bits per heavy atom. The number of aliphatic hydroxyl groups excluding tert-OH is 1. The van der Waals surface area contributed by atoms with Crippen LogP contribution in [0.5, 0.6) is 0 Å². The SMILES string of the molecule is CC1CCC(C[CH-]O)C1.O=[P+](O)O.O=[P+](O)O.[Na+].[Na+]. The van der Waals surface area contributed by atoms with Gasteiger partial charge in [0.2, 0.25) is 0 Å². The summed E-state index contributed by atoms with van der Waals surface area (Å²) in [7, 11) is -5.74. The average molecular weight is 335 g/mol. The van der Waals surface area contributed by atoms with Crippen LogP contribution in [-0.2, 0) is 9.13 Å². The van der Waals surface area contributed by atoms with Gasteiger partial charge < -0.3 is 5.11 Å². The first-order chi connectivity index (χ1) is 7.79. The second-order valence-electron chi connectivity index (χ2n) is 3.71. The van der Waals surface area contributed by atoms with E-state index < -0.39 is 16.5 Å². The predicted octanol–water partition coefficient (Wildman–Crippen LogP) is -4.39. The molecule has 0 bridgehead atoms.